The van der Waals surface area contributed by atoms with E-state index in [1.54, 1.807) is 25.4 Å². The third-order valence-electron chi connectivity index (χ3n) is 7.22. The Bertz CT molecular complexity index is 1470. The van der Waals surface area contributed by atoms with Crippen molar-refractivity contribution in [1.82, 2.24) is 24.4 Å². The van der Waals surface area contributed by atoms with E-state index in [2.05, 4.69) is 41.6 Å². The molecule has 10 heteroatoms. The Kier molecular flexibility index (Phi) is 8.02. The van der Waals surface area contributed by atoms with E-state index >= 15 is 0 Å². The second-order valence-electron chi connectivity index (χ2n) is 9.57. The lowest BCUT2D eigenvalue weighted by Gasteiger charge is -2.36. The fourth-order valence-electron chi connectivity index (χ4n) is 5.12. The van der Waals surface area contributed by atoms with Crippen LogP contribution in [-0.4, -0.2) is 70.2 Å². The Morgan fingerprint density at radius 3 is 2.64 bits per heavy atom. The topological polar surface area (TPSA) is 85.6 Å². The van der Waals surface area contributed by atoms with Crippen molar-refractivity contribution >= 4 is 23.1 Å². The highest BCUT2D eigenvalue weighted by molar-refractivity contribution is 5.91. The largest absolute Gasteiger partial charge is 0.485 e. The Morgan fingerprint density at radius 1 is 1.08 bits per heavy atom. The van der Waals surface area contributed by atoms with Gasteiger partial charge in [0.05, 0.1) is 35.5 Å². The van der Waals surface area contributed by atoms with Crippen LogP contribution in [0.5, 0.6) is 5.75 Å². The molecule has 0 aliphatic carbocycles. The minimum atomic E-state index is -0.205. The summed E-state index contributed by atoms with van der Waals surface area (Å²) < 4.78 is 27.0. The van der Waals surface area contributed by atoms with Gasteiger partial charge in [-0.15, -0.1) is 0 Å². The second-order valence-corrected chi connectivity index (χ2v) is 9.57. The van der Waals surface area contributed by atoms with Crippen LogP contribution in [0.3, 0.4) is 0 Å². The van der Waals surface area contributed by atoms with Crippen LogP contribution in [-0.2, 0) is 22.6 Å². The van der Waals surface area contributed by atoms with Crippen molar-refractivity contribution < 1.29 is 18.7 Å². The Morgan fingerprint density at radius 2 is 1.90 bits per heavy atom. The number of ether oxygens (including phenoxy) is 2. The predicted octanol–water partition coefficient (Wildman–Crippen LogP) is 4.01. The van der Waals surface area contributed by atoms with Gasteiger partial charge in [0.1, 0.15) is 24.0 Å². The van der Waals surface area contributed by atoms with Gasteiger partial charge in [0.25, 0.3) is 6.47 Å². The number of hydrogen-bond acceptors (Lipinski definition) is 8. The third-order valence-corrected chi connectivity index (χ3v) is 7.22. The van der Waals surface area contributed by atoms with Gasteiger partial charge in [-0.3, -0.25) is 14.3 Å². The standard InChI is InChI=1S/C26H27FN6O.C3H6O2/c1-17-25-15-34-26-19(21(27)6-7-24(26)33(25)16-29-17)8-9-31-10-12-32(13-11-31)23-5-3-4-22-20(23)14-28-18(2)30-22;1-2-5-3-4/h3-7,14,16H,8-13,15H2,1-2H3;3H,2H2,1H3. The predicted molar refractivity (Wildman–Crippen MR) is 147 cm³/mol. The number of aryl methyl sites for hydroxylation is 2. The quantitative estimate of drug-likeness (QED) is 0.345. The highest BCUT2D eigenvalue weighted by Crippen LogP contribution is 2.36. The summed E-state index contributed by atoms with van der Waals surface area (Å²) in [6.45, 7) is 11.4. The van der Waals surface area contributed by atoms with Crippen molar-refractivity contribution in [2.75, 3.05) is 44.2 Å². The van der Waals surface area contributed by atoms with Gasteiger partial charge in [-0.05, 0) is 51.5 Å². The summed E-state index contributed by atoms with van der Waals surface area (Å²) in [6.07, 6.45) is 4.33. The van der Waals surface area contributed by atoms with Crippen LogP contribution < -0.4 is 9.64 Å². The zero-order valence-corrected chi connectivity index (χ0v) is 22.6. The van der Waals surface area contributed by atoms with Crippen LogP contribution in [0, 0.1) is 19.7 Å². The molecule has 1 fully saturated rings. The van der Waals surface area contributed by atoms with Gasteiger partial charge in [-0.25, -0.2) is 19.3 Å². The number of halogens is 1. The smallest absolute Gasteiger partial charge is 0.293 e. The molecule has 0 spiro atoms. The lowest BCUT2D eigenvalue weighted by Crippen LogP contribution is -2.47. The minimum Gasteiger partial charge on any atom is -0.485 e. The van der Waals surface area contributed by atoms with Gasteiger partial charge in [-0.2, -0.15) is 0 Å². The first-order valence-corrected chi connectivity index (χ1v) is 13.2. The Balaban J connectivity index is 0.000000567. The number of carbonyl (C=O) groups is 1. The normalized spacial score (nSPS) is 14.6. The molecule has 2 aliphatic heterocycles. The zero-order chi connectivity index (χ0) is 27.4. The molecule has 6 rings (SSSR count). The number of imidazole rings is 1. The van der Waals surface area contributed by atoms with Gasteiger partial charge < -0.3 is 14.4 Å². The number of anilines is 1. The minimum absolute atomic E-state index is 0.205. The van der Waals surface area contributed by atoms with Gasteiger partial charge in [-0.1, -0.05) is 6.07 Å². The maximum Gasteiger partial charge on any atom is 0.293 e. The number of piperazine rings is 1. The molecular formula is C29H33FN6O3. The van der Waals surface area contributed by atoms with E-state index in [1.807, 2.05) is 30.7 Å². The summed E-state index contributed by atoms with van der Waals surface area (Å²) in [5.74, 6) is 1.23. The highest BCUT2D eigenvalue weighted by Gasteiger charge is 2.25. The summed E-state index contributed by atoms with van der Waals surface area (Å²) in [6, 6.07) is 9.57. The van der Waals surface area contributed by atoms with Crippen LogP contribution in [0.25, 0.3) is 16.6 Å². The van der Waals surface area contributed by atoms with Crippen molar-refractivity contribution in [2.24, 2.45) is 0 Å². The molecule has 2 aromatic heterocycles. The van der Waals surface area contributed by atoms with Crippen LogP contribution in [0.15, 0.2) is 42.9 Å². The van der Waals surface area contributed by atoms with Crippen LogP contribution in [0.2, 0.25) is 0 Å². The van der Waals surface area contributed by atoms with E-state index in [4.69, 9.17) is 4.74 Å². The molecule has 0 radical (unpaired) electrons. The molecule has 39 heavy (non-hydrogen) atoms. The molecule has 4 heterocycles. The molecule has 204 valence electrons. The Hall–Kier alpha value is -4.05. The molecule has 2 aliphatic rings. The van der Waals surface area contributed by atoms with Crippen LogP contribution in [0.1, 0.15) is 29.7 Å². The summed E-state index contributed by atoms with van der Waals surface area (Å²) in [7, 11) is 0. The first-order chi connectivity index (χ1) is 19.0. The van der Waals surface area contributed by atoms with E-state index in [9.17, 15) is 9.18 Å². The molecule has 0 amide bonds. The number of nitrogens with zero attached hydrogens (tertiary/aromatic N) is 6. The maximum atomic E-state index is 14.8. The molecule has 9 nitrogen and oxygen atoms in total. The van der Waals surface area contributed by atoms with Gasteiger partial charge in [0.15, 0.2) is 0 Å². The molecule has 0 atom stereocenters. The van der Waals surface area contributed by atoms with Crippen molar-refractivity contribution in [3.63, 3.8) is 0 Å². The summed E-state index contributed by atoms with van der Waals surface area (Å²) in [4.78, 5) is 27.3. The monoisotopic (exact) mass is 532 g/mol. The second kappa shape index (κ2) is 11.8. The number of carbonyl (C=O) groups excluding carboxylic acids is 1. The first-order valence-electron chi connectivity index (χ1n) is 13.2. The lowest BCUT2D eigenvalue weighted by molar-refractivity contribution is -0.128. The fraction of sp³-hybridized carbons (Fsp3) is 0.379. The van der Waals surface area contributed by atoms with Crippen molar-refractivity contribution in [2.45, 2.75) is 33.8 Å². The van der Waals surface area contributed by atoms with Gasteiger partial charge in [0.2, 0.25) is 0 Å². The number of hydrogen-bond donors (Lipinski definition) is 0. The van der Waals surface area contributed by atoms with Crippen LogP contribution in [0.4, 0.5) is 10.1 Å². The molecule has 1 saturated heterocycles. The van der Waals surface area contributed by atoms with Crippen molar-refractivity contribution in [3.8, 4) is 11.4 Å². The SMILES string of the molecule is CCOC=O.Cc1ncc2c(N3CCN(CCc4c(F)ccc5c4OCc4c(C)ncn4-5)CC3)cccc2n1. The molecule has 0 unspecified atom stereocenters. The average molecular weight is 533 g/mol. The molecular weight excluding hydrogens is 499 g/mol. The van der Waals surface area contributed by atoms with Crippen LogP contribution >= 0.6 is 0 Å². The first kappa shape index (κ1) is 26.6. The fourth-order valence-corrected chi connectivity index (χ4v) is 5.12. The Labute approximate surface area is 227 Å². The summed E-state index contributed by atoms with van der Waals surface area (Å²) >= 11 is 0. The summed E-state index contributed by atoms with van der Waals surface area (Å²) in [5.41, 5.74) is 5.65. The molecule has 4 aromatic rings. The van der Waals surface area contributed by atoms with E-state index < -0.39 is 0 Å². The van der Waals surface area contributed by atoms with Gasteiger partial charge in [0, 0.05) is 55.6 Å². The van der Waals surface area contributed by atoms with E-state index in [1.165, 1.54) is 5.69 Å². The van der Waals surface area contributed by atoms with E-state index in [0.717, 1.165) is 66.5 Å². The lowest BCUT2D eigenvalue weighted by atomic mass is 10.1. The molecule has 0 saturated carbocycles. The maximum absolute atomic E-state index is 14.8. The molecule has 0 N–H and O–H groups in total. The number of rotatable bonds is 6. The summed E-state index contributed by atoms with van der Waals surface area (Å²) in [5, 5.41) is 1.09. The molecule has 0 bridgehead atoms. The van der Waals surface area contributed by atoms with Gasteiger partial charge >= 0.3 is 0 Å². The number of aromatic nitrogens is 4. The van der Waals surface area contributed by atoms with Crippen molar-refractivity contribution in [3.05, 3.63) is 71.4 Å². The third kappa shape index (κ3) is 5.56. The number of fused-ring (bicyclic) bond motifs is 4. The zero-order valence-electron chi connectivity index (χ0n) is 22.6. The van der Waals surface area contributed by atoms with Crippen molar-refractivity contribution in [1.29, 1.82) is 0 Å². The average Bonchev–Trinajstić information content (AvgIpc) is 3.34. The van der Waals surface area contributed by atoms with E-state index in [0.29, 0.717) is 37.4 Å². The number of benzene rings is 2. The van der Waals surface area contributed by atoms with E-state index in [-0.39, 0.29) is 5.82 Å². The molecule has 2 aromatic carbocycles. The highest BCUT2D eigenvalue weighted by atomic mass is 19.1.